The molecule has 0 N–H and O–H groups in total. The number of aromatic nitrogens is 1. The summed E-state index contributed by atoms with van der Waals surface area (Å²) in [5.41, 5.74) is 4.81. The predicted molar refractivity (Wildman–Crippen MR) is 126 cm³/mol. The second-order valence-electron chi connectivity index (χ2n) is 7.50. The molecule has 0 aliphatic carbocycles. The Labute approximate surface area is 190 Å². The number of carbonyl (C=O) groups excluding carboxylic acids is 1. The molecule has 0 unspecified atom stereocenters. The van der Waals surface area contributed by atoms with E-state index in [1.165, 1.54) is 0 Å². The van der Waals surface area contributed by atoms with E-state index < -0.39 is 0 Å². The molecule has 32 heavy (non-hydrogen) atoms. The number of ether oxygens (including phenoxy) is 1. The third-order valence-electron chi connectivity index (χ3n) is 5.46. The van der Waals surface area contributed by atoms with Crippen LogP contribution in [0, 0.1) is 11.3 Å². The Morgan fingerprint density at radius 1 is 1.00 bits per heavy atom. The van der Waals surface area contributed by atoms with Crippen molar-refractivity contribution in [1.29, 1.82) is 5.26 Å². The number of carbonyl (C=O) groups is 1. The van der Waals surface area contributed by atoms with Gasteiger partial charge in [-0.1, -0.05) is 48.0 Å². The second-order valence-corrected chi connectivity index (χ2v) is 7.94. The highest BCUT2D eigenvalue weighted by Crippen LogP contribution is 2.31. The van der Waals surface area contributed by atoms with Crippen LogP contribution < -0.4 is 0 Å². The normalized spacial score (nSPS) is 14.4. The van der Waals surface area contributed by atoms with Gasteiger partial charge in [0.05, 0.1) is 17.2 Å². The van der Waals surface area contributed by atoms with Gasteiger partial charge in [-0.15, -0.1) is 0 Å². The van der Waals surface area contributed by atoms with Gasteiger partial charge in [-0.05, 0) is 54.1 Å². The van der Waals surface area contributed by atoms with E-state index in [9.17, 15) is 10.1 Å². The van der Waals surface area contributed by atoms with Gasteiger partial charge in [0, 0.05) is 39.8 Å². The molecular weight excluding hydrogens is 420 g/mol. The molecule has 0 saturated carbocycles. The summed E-state index contributed by atoms with van der Waals surface area (Å²) in [6.45, 7) is 0.559. The first-order valence-corrected chi connectivity index (χ1v) is 10.5. The Morgan fingerprint density at radius 3 is 2.56 bits per heavy atom. The Kier molecular flexibility index (Phi) is 5.10. The van der Waals surface area contributed by atoms with Crippen molar-refractivity contribution < 1.29 is 9.53 Å². The molecule has 0 fully saturated rings. The van der Waals surface area contributed by atoms with Crippen LogP contribution in [-0.2, 0) is 16.1 Å². The molecule has 0 radical (unpaired) electrons. The highest BCUT2D eigenvalue weighted by molar-refractivity contribution is 6.30. The zero-order valence-electron chi connectivity index (χ0n) is 17.0. The van der Waals surface area contributed by atoms with Gasteiger partial charge < -0.3 is 9.30 Å². The third-order valence-corrected chi connectivity index (χ3v) is 5.71. The Balaban J connectivity index is 1.55. The van der Waals surface area contributed by atoms with E-state index in [4.69, 9.17) is 16.3 Å². The van der Waals surface area contributed by atoms with Crippen molar-refractivity contribution in [1.82, 2.24) is 4.57 Å². The Hall–Kier alpha value is -4.07. The smallest absolute Gasteiger partial charge is 0.343 e. The number of para-hydroxylation sites is 1. The molecule has 1 aliphatic rings. The maximum Gasteiger partial charge on any atom is 0.343 e. The minimum atomic E-state index is -0.387. The first-order valence-electron chi connectivity index (χ1n) is 10.1. The maximum atomic E-state index is 12.5. The summed E-state index contributed by atoms with van der Waals surface area (Å²) in [6, 6.07) is 25.0. The monoisotopic (exact) mass is 436 g/mol. The fourth-order valence-electron chi connectivity index (χ4n) is 3.88. The lowest BCUT2D eigenvalue weighted by Gasteiger charge is -2.07. The lowest BCUT2D eigenvalue weighted by molar-refractivity contribution is -0.130. The minimum Gasteiger partial charge on any atom is -0.422 e. The lowest BCUT2D eigenvalue weighted by atomic mass is 10.1. The number of nitrogens with zero attached hydrogens (tertiary/aromatic N) is 2. The molecule has 0 saturated heterocycles. The van der Waals surface area contributed by atoms with Gasteiger partial charge in [-0.2, -0.15) is 5.26 Å². The van der Waals surface area contributed by atoms with Gasteiger partial charge >= 0.3 is 5.97 Å². The van der Waals surface area contributed by atoms with Crippen molar-refractivity contribution in [2.45, 2.75) is 6.54 Å². The summed E-state index contributed by atoms with van der Waals surface area (Å²) in [5.74, 6) is 0.117. The molecule has 154 valence electrons. The van der Waals surface area contributed by atoms with Crippen LogP contribution in [0.4, 0.5) is 0 Å². The lowest BCUT2D eigenvalue weighted by Crippen LogP contribution is -2.00. The molecule has 0 spiro atoms. The van der Waals surface area contributed by atoms with Crippen LogP contribution in [0.15, 0.2) is 90.6 Å². The van der Waals surface area contributed by atoms with Crippen LogP contribution in [0.5, 0.6) is 0 Å². The van der Waals surface area contributed by atoms with Crippen LogP contribution >= 0.6 is 11.6 Å². The number of rotatable bonds is 4. The van der Waals surface area contributed by atoms with Crippen molar-refractivity contribution in [3.63, 3.8) is 0 Å². The van der Waals surface area contributed by atoms with Gasteiger partial charge in [-0.3, -0.25) is 0 Å². The van der Waals surface area contributed by atoms with E-state index in [-0.39, 0.29) is 5.97 Å². The Morgan fingerprint density at radius 2 is 1.75 bits per heavy atom. The van der Waals surface area contributed by atoms with Gasteiger partial charge in [-0.25, -0.2) is 4.79 Å². The van der Waals surface area contributed by atoms with E-state index in [2.05, 4.69) is 10.6 Å². The molecule has 5 rings (SSSR count). The minimum absolute atomic E-state index is 0.387. The number of esters is 1. The molecule has 4 nitrogen and oxygen atoms in total. The van der Waals surface area contributed by atoms with Crippen molar-refractivity contribution in [2.75, 3.05) is 0 Å². The number of hydrogen-bond donors (Lipinski definition) is 0. The summed E-state index contributed by atoms with van der Waals surface area (Å²) in [4.78, 5) is 12.5. The highest BCUT2D eigenvalue weighted by atomic mass is 35.5. The number of halogens is 1. The second kappa shape index (κ2) is 8.22. The highest BCUT2D eigenvalue weighted by Gasteiger charge is 2.22. The van der Waals surface area contributed by atoms with Crippen molar-refractivity contribution >= 4 is 40.3 Å². The van der Waals surface area contributed by atoms with E-state index in [0.29, 0.717) is 28.5 Å². The number of benzene rings is 3. The first-order chi connectivity index (χ1) is 15.6. The largest absolute Gasteiger partial charge is 0.422 e. The van der Waals surface area contributed by atoms with Crippen LogP contribution in [0.25, 0.3) is 22.7 Å². The Bertz CT molecular complexity index is 1450. The van der Waals surface area contributed by atoms with Gasteiger partial charge in [0.15, 0.2) is 0 Å². The number of cyclic esters (lactones) is 1. The fraction of sp³-hybridized carbons (Fsp3) is 0.0370. The maximum absolute atomic E-state index is 12.5. The van der Waals surface area contributed by atoms with Crippen LogP contribution in [0.3, 0.4) is 0 Å². The van der Waals surface area contributed by atoms with Crippen molar-refractivity contribution in [3.8, 4) is 6.07 Å². The molecule has 0 amide bonds. The van der Waals surface area contributed by atoms with Crippen LogP contribution in [0.1, 0.15) is 22.3 Å². The molecule has 0 bridgehead atoms. The molecular formula is C27H17ClN2O2. The standard InChI is InChI=1S/C27H17ClN2O2/c28-23-11-9-18(10-12-23)26-14-21(27(31)32-26)13-22-17-30(25-8-4-3-7-24(22)25)16-20-6-2-1-5-19(20)15-29/h1-14,17H,16H2/b21-13-. The molecule has 3 aromatic carbocycles. The van der Waals surface area contributed by atoms with E-state index >= 15 is 0 Å². The van der Waals surface area contributed by atoms with E-state index in [0.717, 1.165) is 27.6 Å². The SMILES string of the molecule is N#Cc1ccccc1Cn1cc(/C=C2/C=C(c3ccc(Cl)cc3)OC2=O)c2ccccc21. The number of nitriles is 1. The summed E-state index contributed by atoms with van der Waals surface area (Å²) < 4.78 is 7.58. The van der Waals surface area contributed by atoms with Gasteiger partial charge in [0.25, 0.3) is 0 Å². The molecule has 4 aromatic rings. The average Bonchev–Trinajstić information content (AvgIpc) is 3.35. The summed E-state index contributed by atoms with van der Waals surface area (Å²) in [5, 5.41) is 11.1. The van der Waals surface area contributed by atoms with Gasteiger partial charge in [0.1, 0.15) is 5.76 Å². The van der Waals surface area contributed by atoms with Crippen LogP contribution in [0.2, 0.25) is 5.02 Å². The third kappa shape index (κ3) is 3.71. The van der Waals surface area contributed by atoms with E-state index in [1.807, 2.05) is 72.9 Å². The molecule has 2 heterocycles. The van der Waals surface area contributed by atoms with E-state index in [1.54, 1.807) is 18.2 Å². The molecule has 1 aromatic heterocycles. The molecule has 0 atom stereocenters. The number of fused-ring (bicyclic) bond motifs is 1. The van der Waals surface area contributed by atoms with Crippen LogP contribution in [-0.4, -0.2) is 10.5 Å². The zero-order valence-corrected chi connectivity index (χ0v) is 17.7. The predicted octanol–water partition coefficient (Wildman–Crippen LogP) is 6.20. The molecule has 1 aliphatic heterocycles. The van der Waals surface area contributed by atoms with Crippen molar-refractivity contribution in [3.05, 3.63) is 118 Å². The fourth-order valence-corrected chi connectivity index (χ4v) is 4.01. The average molecular weight is 437 g/mol. The first kappa shape index (κ1) is 19.9. The zero-order chi connectivity index (χ0) is 22.1. The summed E-state index contributed by atoms with van der Waals surface area (Å²) in [6.07, 6.45) is 5.61. The van der Waals surface area contributed by atoms with Crippen molar-refractivity contribution in [2.24, 2.45) is 0 Å². The van der Waals surface area contributed by atoms with Gasteiger partial charge in [0.2, 0.25) is 0 Å². The molecule has 5 heteroatoms. The summed E-state index contributed by atoms with van der Waals surface area (Å²) >= 11 is 5.96. The quantitative estimate of drug-likeness (QED) is 0.283. The topological polar surface area (TPSA) is 55.0 Å². The number of hydrogen-bond acceptors (Lipinski definition) is 3. The summed E-state index contributed by atoms with van der Waals surface area (Å²) in [7, 11) is 0.